The molecular weight excluding hydrogens is 248 g/mol. The highest BCUT2D eigenvalue weighted by molar-refractivity contribution is 9.09. The standard InChI is InChI=1S/CH2BrCl.CCl2F2/c2-1-3;2-1(3,4)5/h1H2;. The molecule has 0 N–H and O–H groups in total. The molecule has 8 heavy (non-hydrogen) atoms. The van der Waals surface area contributed by atoms with Crippen LogP contribution in [0.3, 0.4) is 0 Å². The van der Waals surface area contributed by atoms with Crippen LogP contribution in [0.1, 0.15) is 0 Å². The largest absolute Gasteiger partial charge is 0.401 e. The third-order valence-corrected chi connectivity index (χ3v) is 0. The minimum atomic E-state index is -3.56. The normalized spacial score (nSPS) is 9.75. The first kappa shape index (κ1) is 11.9. The van der Waals surface area contributed by atoms with E-state index < -0.39 is 4.84 Å². The maximum absolute atomic E-state index is 10.6. The predicted octanol–water partition coefficient (Wildman–Crippen LogP) is 3.59. The van der Waals surface area contributed by atoms with Crippen LogP contribution in [0.4, 0.5) is 8.78 Å². The third-order valence-electron chi connectivity index (χ3n) is 0. The van der Waals surface area contributed by atoms with Gasteiger partial charge in [0.15, 0.2) is 0 Å². The smallest absolute Gasteiger partial charge is 0.172 e. The summed E-state index contributed by atoms with van der Waals surface area (Å²) in [4.78, 5) is -3.02. The summed E-state index contributed by atoms with van der Waals surface area (Å²) >= 11 is 15.8. The van der Waals surface area contributed by atoms with E-state index in [1.165, 1.54) is 0 Å². The zero-order valence-corrected chi connectivity index (χ0v) is 7.33. The molecule has 0 radical (unpaired) electrons. The lowest BCUT2D eigenvalue weighted by atomic mass is 11.7. The van der Waals surface area contributed by atoms with Crippen LogP contribution in [0.15, 0.2) is 0 Å². The lowest BCUT2D eigenvalue weighted by Crippen LogP contribution is -1.86. The zero-order chi connectivity index (χ0) is 7.21. The van der Waals surface area contributed by atoms with Crippen molar-refractivity contribution in [3.05, 3.63) is 0 Å². The van der Waals surface area contributed by atoms with Gasteiger partial charge in [0.1, 0.15) is 0 Å². The summed E-state index contributed by atoms with van der Waals surface area (Å²) in [5.74, 6) is 0. The van der Waals surface area contributed by atoms with Crippen LogP contribution in [0.2, 0.25) is 0 Å². The van der Waals surface area contributed by atoms with Crippen molar-refractivity contribution in [2.45, 2.75) is 4.84 Å². The molecule has 0 saturated heterocycles. The van der Waals surface area contributed by atoms with Gasteiger partial charge in [0.05, 0.1) is 4.79 Å². The second kappa shape index (κ2) is 6.33. The van der Waals surface area contributed by atoms with Crippen molar-refractivity contribution in [3.63, 3.8) is 0 Å². The molecule has 0 saturated carbocycles. The first-order valence-corrected chi connectivity index (χ1v) is 3.70. The monoisotopic (exact) mass is 248 g/mol. The molecule has 0 aliphatic carbocycles. The Morgan fingerprint density at radius 1 is 1.38 bits per heavy atom. The Bertz CT molecular complexity index is 39.0. The van der Waals surface area contributed by atoms with Crippen LogP contribution in [0, 0.1) is 0 Å². The van der Waals surface area contributed by atoms with Gasteiger partial charge in [0.2, 0.25) is 0 Å². The third kappa shape index (κ3) is 190. The molecule has 0 nitrogen and oxygen atoms in total. The Hall–Kier alpha value is 1.21. The Morgan fingerprint density at radius 2 is 1.38 bits per heavy atom. The van der Waals surface area contributed by atoms with Gasteiger partial charge in [-0.05, 0) is 23.2 Å². The number of halogens is 6. The highest BCUT2D eigenvalue weighted by atomic mass is 79.9. The maximum atomic E-state index is 10.6. The second-order valence-corrected chi connectivity index (χ2v) is 3.15. The lowest BCUT2D eigenvalue weighted by Gasteiger charge is -1.87. The number of alkyl halides is 6. The number of rotatable bonds is 0. The fraction of sp³-hybridized carbons (Fsp3) is 1.00. The van der Waals surface area contributed by atoms with Crippen LogP contribution in [-0.4, -0.2) is 9.63 Å². The summed E-state index contributed by atoms with van der Waals surface area (Å²) in [6.45, 7) is 0. The van der Waals surface area contributed by atoms with Gasteiger partial charge in [-0.1, -0.05) is 15.9 Å². The van der Waals surface area contributed by atoms with E-state index in [1.807, 2.05) is 0 Å². The quantitative estimate of drug-likeness (QED) is 0.576. The van der Waals surface area contributed by atoms with Crippen molar-refractivity contribution >= 4 is 50.7 Å². The van der Waals surface area contributed by atoms with E-state index in [0.717, 1.165) is 0 Å². The summed E-state index contributed by atoms with van der Waals surface area (Å²) in [7, 11) is 0. The minimum absolute atomic E-state index is 0.535. The molecule has 0 rings (SSSR count). The molecule has 0 unspecified atom stereocenters. The van der Waals surface area contributed by atoms with Crippen molar-refractivity contribution in [2.24, 2.45) is 0 Å². The average Bonchev–Trinajstić information content (AvgIpc) is 1.27. The fourth-order valence-corrected chi connectivity index (χ4v) is 0. The molecule has 0 aliphatic heterocycles. The molecular formula is C2H2BrCl3F2. The fourth-order valence-electron chi connectivity index (χ4n) is 0. The molecule has 0 aromatic heterocycles. The van der Waals surface area contributed by atoms with Crippen molar-refractivity contribution in [1.82, 2.24) is 0 Å². The van der Waals surface area contributed by atoms with Crippen molar-refractivity contribution in [2.75, 3.05) is 4.79 Å². The van der Waals surface area contributed by atoms with Crippen LogP contribution < -0.4 is 0 Å². The Balaban J connectivity index is 0. The van der Waals surface area contributed by atoms with Crippen LogP contribution in [0.25, 0.3) is 0 Å². The van der Waals surface area contributed by atoms with Crippen LogP contribution in [0.5, 0.6) is 0 Å². The Kier molecular flexibility index (Phi) is 9.45. The van der Waals surface area contributed by atoms with E-state index in [1.54, 1.807) is 0 Å². The Morgan fingerprint density at radius 3 is 1.38 bits per heavy atom. The first-order chi connectivity index (χ1) is 3.41. The van der Waals surface area contributed by atoms with Crippen LogP contribution in [-0.2, 0) is 0 Å². The van der Waals surface area contributed by atoms with E-state index >= 15 is 0 Å². The Labute approximate surface area is 69.2 Å². The average molecular weight is 250 g/mol. The molecule has 0 heterocycles. The molecule has 0 fully saturated rings. The van der Waals surface area contributed by atoms with Gasteiger partial charge >= 0.3 is 4.84 Å². The molecule has 6 heteroatoms. The van der Waals surface area contributed by atoms with E-state index in [9.17, 15) is 8.78 Å². The SMILES string of the molecule is ClCBr.FC(F)(Cl)Cl. The summed E-state index contributed by atoms with van der Waals surface area (Å²) in [6, 6.07) is 0. The second-order valence-electron chi connectivity index (χ2n) is 0.530. The lowest BCUT2D eigenvalue weighted by molar-refractivity contribution is 0.194. The molecule has 0 amide bonds. The number of hydrogen-bond acceptors (Lipinski definition) is 0. The zero-order valence-electron chi connectivity index (χ0n) is 3.47. The minimum Gasteiger partial charge on any atom is -0.172 e. The van der Waals surface area contributed by atoms with Gasteiger partial charge in [-0.3, -0.25) is 0 Å². The van der Waals surface area contributed by atoms with E-state index in [0.29, 0.717) is 4.79 Å². The maximum Gasteiger partial charge on any atom is 0.401 e. The van der Waals surface area contributed by atoms with Crippen LogP contribution >= 0.6 is 50.7 Å². The van der Waals surface area contributed by atoms with Gasteiger partial charge in [-0.2, -0.15) is 8.78 Å². The van der Waals surface area contributed by atoms with Crippen molar-refractivity contribution < 1.29 is 8.78 Å². The molecule has 0 atom stereocenters. The van der Waals surface area contributed by atoms with Gasteiger partial charge in [0, 0.05) is 0 Å². The van der Waals surface area contributed by atoms with Crippen molar-refractivity contribution in [1.29, 1.82) is 0 Å². The highest BCUT2D eigenvalue weighted by Gasteiger charge is 2.17. The van der Waals surface area contributed by atoms with E-state index in [-0.39, 0.29) is 0 Å². The summed E-state index contributed by atoms with van der Waals surface area (Å²) in [6.07, 6.45) is 0. The summed E-state index contributed by atoms with van der Waals surface area (Å²) in [5, 5.41) is 0. The molecule has 0 spiro atoms. The van der Waals surface area contributed by atoms with E-state index in [2.05, 4.69) is 39.1 Å². The highest BCUT2D eigenvalue weighted by Crippen LogP contribution is 2.22. The number of hydrogen-bond donors (Lipinski definition) is 0. The molecule has 0 bridgehead atoms. The van der Waals surface area contributed by atoms with E-state index in [4.69, 9.17) is 11.6 Å². The van der Waals surface area contributed by atoms with Gasteiger partial charge in [-0.25, -0.2) is 0 Å². The topological polar surface area (TPSA) is 0 Å². The first-order valence-electron chi connectivity index (χ1n) is 1.29. The molecule has 52 valence electrons. The summed E-state index contributed by atoms with van der Waals surface area (Å²) < 4.78 is 21.1. The summed E-state index contributed by atoms with van der Waals surface area (Å²) in [5.41, 5.74) is 0. The predicted molar refractivity (Wildman–Crippen MR) is 36.3 cm³/mol. The van der Waals surface area contributed by atoms with Gasteiger partial charge in [0.25, 0.3) is 0 Å². The van der Waals surface area contributed by atoms with Gasteiger partial charge < -0.3 is 0 Å². The molecule has 0 aromatic carbocycles. The molecule has 0 aliphatic rings. The van der Waals surface area contributed by atoms with Crippen molar-refractivity contribution in [3.8, 4) is 0 Å². The molecule has 0 aromatic rings. The van der Waals surface area contributed by atoms with Gasteiger partial charge in [-0.15, -0.1) is 11.6 Å².